The first-order valence-electron chi connectivity index (χ1n) is 11.9. The first-order valence-corrected chi connectivity index (χ1v) is 11.9. The highest BCUT2D eigenvalue weighted by molar-refractivity contribution is 5.71. The van der Waals surface area contributed by atoms with Crippen molar-refractivity contribution in [3.63, 3.8) is 0 Å². The van der Waals surface area contributed by atoms with Crippen molar-refractivity contribution in [1.82, 2.24) is 9.80 Å². The number of piperidine rings is 2. The molecule has 2 aliphatic rings. The Kier molecular flexibility index (Phi) is 7.52. The van der Waals surface area contributed by atoms with Gasteiger partial charge in [-0.2, -0.15) is 13.2 Å². The molecule has 0 radical (unpaired) electrons. The van der Waals surface area contributed by atoms with Gasteiger partial charge in [0.25, 0.3) is 0 Å². The van der Waals surface area contributed by atoms with E-state index in [9.17, 15) is 18.0 Å². The van der Waals surface area contributed by atoms with Gasteiger partial charge >= 0.3 is 12.3 Å². The quantitative estimate of drug-likeness (QED) is 0.508. The van der Waals surface area contributed by atoms with Gasteiger partial charge in [-0.1, -0.05) is 35.9 Å². The van der Waals surface area contributed by atoms with Gasteiger partial charge in [-0.3, -0.25) is 4.90 Å². The fraction of sp³-hybridized carbons (Fsp3) is 0.654. The summed E-state index contributed by atoms with van der Waals surface area (Å²) in [6, 6.07) is 8.99. The maximum atomic E-state index is 13.7. The van der Waals surface area contributed by atoms with E-state index in [1.54, 1.807) is 29.2 Å². The summed E-state index contributed by atoms with van der Waals surface area (Å²) in [6.07, 6.45) is -1.62. The van der Waals surface area contributed by atoms with E-state index in [4.69, 9.17) is 4.74 Å². The third kappa shape index (κ3) is 6.31. The molecule has 4 nitrogen and oxygen atoms in total. The van der Waals surface area contributed by atoms with E-state index in [-0.39, 0.29) is 11.6 Å². The van der Waals surface area contributed by atoms with Gasteiger partial charge in [-0.15, -0.1) is 0 Å². The van der Waals surface area contributed by atoms with Crippen molar-refractivity contribution in [3.05, 3.63) is 41.5 Å². The van der Waals surface area contributed by atoms with Crippen LogP contribution in [0.25, 0.3) is 5.57 Å². The zero-order valence-corrected chi connectivity index (χ0v) is 20.5. The van der Waals surface area contributed by atoms with Gasteiger partial charge < -0.3 is 9.64 Å². The number of benzene rings is 1. The highest BCUT2D eigenvalue weighted by atomic mass is 19.4. The van der Waals surface area contributed by atoms with Gasteiger partial charge in [-0.05, 0) is 71.4 Å². The van der Waals surface area contributed by atoms with Gasteiger partial charge in [-0.25, -0.2) is 4.79 Å². The summed E-state index contributed by atoms with van der Waals surface area (Å²) in [5.74, 6) is -1.49. The Morgan fingerprint density at radius 1 is 1.00 bits per heavy atom. The van der Waals surface area contributed by atoms with E-state index in [0.29, 0.717) is 37.1 Å². The second-order valence-corrected chi connectivity index (χ2v) is 10.6. The average molecular weight is 467 g/mol. The topological polar surface area (TPSA) is 32.8 Å². The van der Waals surface area contributed by atoms with Crippen molar-refractivity contribution >= 4 is 11.7 Å². The molecule has 0 aliphatic carbocycles. The first-order chi connectivity index (χ1) is 15.3. The largest absolute Gasteiger partial charge is 0.444 e. The smallest absolute Gasteiger partial charge is 0.410 e. The second-order valence-electron chi connectivity index (χ2n) is 10.6. The SMILES string of the molecule is CC(C(=C1CCN(C2(C)CCN(C(=O)OC(C)(C)C)CC2)CC1)c1ccccc1)C(F)(F)F. The van der Waals surface area contributed by atoms with Gasteiger partial charge in [0.05, 0.1) is 5.92 Å². The number of amides is 1. The minimum Gasteiger partial charge on any atom is -0.444 e. The zero-order valence-electron chi connectivity index (χ0n) is 20.5. The van der Waals surface area contributed by atoms with E-state index in [1.165, 1.54) is 6.92 Å². The number of carbonyl (C=O) groups is 1. The van der Waals surface area contributed by atoms with Crippen molar-refractivity contribution in [1.29, 1.82) is 0 Å². The Balaban J connectivity index is 1.69. The Morgan fingerprint density at radius 2 is 1.55 bits per heavy atom. The van der Waals surface area contributed by atoms with E-state index in [0.717, 1.165) is 31.5 Å². The van der Waals surface area contributed by atoms with Crippen LogP contribution in [0.3, 0.4) is 0 Å². The molecule has 1 amide bonds. The van der Waals surface area contributed by atoms with E-state index >= 15 is 0 Å². The van der Waals surface area contributed by atoms with E-state index < -0.39 is 17.7 Å². The standard InChI is InChI=1S/C26H37F3N2O2/c1-19(26(27,28)29)22(20-9-7-6-8-10-20)21-11-15-31(16-12-21)25(5)13-17-30(18-14-25)23(32)33-24(2,3)4/h6-10,19H,11-18H2,1-5H3. The lowest BCUT2D eigenvalue weighted by Crippen LogP contribution is -2.56. The number of hydrogen-bond acceptors (Lipinski definition) is 3. The monoisotopic (exact) mass is 466 g/mol. The lowest BCUT2D eigenvalue weighted by molar-refractivity contribution is -0.153. The molecule has 1 atom stereocenters. The molecule has 1 aromatic carbocycles. The lowest BCUT2D eigenvalue weighted by Gasteiger charge is -2.48. The van der Waals surface area contributed by atoms with Crippen LogP contribution in [-0.2, 0) is 4.74 Å². The summed E-state index contributed by atoms with van der Waals surface area (Å²) in [7, 11) is 0. The summed E-state index contributed by atoms with van der Waals surface area (Å²) < 4.78 is 46.6. The maximum absolute atomic E-state index is 13.7. The molecule has 1 unspecified atom stereocenters. The Morgan fingerprint density at radius 3 is 2.03 bits per heavy atom. The molecule has 33 heavy (non-hydrogen) atoms. The molecule has 3 rings (SSSR count). The van der Waals surface area contributed by atoms with Crippen LogP contribution in [0.1, 0.15) is 65.9 Å². The van der Waals surface area contributed by atoms with E-state index in [2.05, 4.69) is 11.8 Å². The second kappa shape index (κ2) is 9.69. The number of hydrogen-bond donors (Lipinski definition) is 0. The number of rotatable bonds is 3. The van der Waals surface area contributed by atoms with Crippen LogP contribution in [0.4, 0.5) is 18.0 Å². The molecule has 2 fully saturated rings. The fourth-order valence-corrected chi connectivity index (χ4v) is 4.94. The van der Waals surface area contributed by atoms with Crippen molar-refractivity contribution in [2.45, 2.75) is 77.6 Å². The molecule has 0 aromatic heterocycles. The minimum atomic E-state index is -4.27. The molecule has 184 valence electrons. The number of ether oxygens (including phenoxy) is 1. The third-order valence-electron chi connectivity index (χ3n) is 7.01. The average Bonchev–Trinajstić information content (AvgIpc) is 2.74. The number of carbonyl (C=O) groups excluding carboxylic acids is 1. The molecule has 0 spiro atoms. The van der Waals surface area contributed by atoms with Crippen LogP contribution >= 0.6 is 0 Å². The first kappa shape index (κ1) is 25.6. The summed E-state index contributed by atoms with van der Waals surface area (Å²) in [5.41, 5.74) is 1.44. The van der Waals surface area contributed by atoms with Crippen LogP contribution in [0.2, 0.25) is 0 Å². The molecule has 0 N–H and O–H groups in total. The van der Waals surface area contributed by atoms with Crippen LogP contribution in [0.15, 0.2) is 35.9 Å². The summed E-state index contributed by atoms with van der Waals surface area (Å²) in [6.45, 7) is 11.8. The summed E-state index contributed by atoms with van der Waals surface area (Å²) in [5, 5.41) is 0. The molecule has 7 heteroatoms. The van der Waals surface area contributed by atoms with Crippen LogP contribution in [0.5, 0.6) is 0 Å². The normalized spacial score (nSPS) is 21.0. The van der Waals surface area contributed by atoms with Crippen LogP contribution < -0.4 is 0 Å². The number of halogens is 3. The zero-order chi connectivity index (χ0) is 24.4. The van der Waals surface area contributed by atoms with Crippen LogP contribution in [0, 0.1) is 5.92 Å². The highest BCUT2D eigenvalue weighted by Gasteiger charge is 2.42. The van der Waals surface area contributed by atoms with Crippen molar-refractivity contribution in [2.75, 3.05) is 26.2 Å². The van der Waals surface area contributed by atoms with Gasteiger partial charge in [0.1, 0.15) is 5.60 Å². The fourth-order valence-electron chi connectivity index (χ4n) is 4.94. The Labute approximate surface area is 195 Å². The molecule has 1 aromatic rings. The van der Waals surface area contributed by atoms with E-state index in [1.807, 2.05) is 26.8 Å². The Hall–Kier alpha value is -2.02. The Bertz CT molecular complexity index is 841. The summed E-state index contributed by atoms with van der Waals surface area (Å²) >= 11 is 0. The van der Waals surface area contributed by atoms with Gasteiger partial charge in [0.15, 0.2) is 0 Å². The molecule has 2 heterocycles. The van der Waals surface area contributed by atoms with Crippen molar-refractivity contribution in [2.24, 2.45) is 5.92 Å². The van der Waals surface area contributed by atoms with Gasteiger partial charge in [0, 0.05) is 31.7 Å². The third-order valence-corrected chi connectivity index (χ3v) is 7.01. The number of allylic oxidation sites excluding steroid dienone is 1. The molecular weight excluding hydrogens is 429 g/mol. The predicted octanol–water partition coefficient (Wildman–Crippen LogP) is 6.52. The summed E-state index contributed by atoms with van der Waals surface area (Å²) in [4.78, 5) is 16.6. The predicted molar refractivity (Wildman–Crippen MR) is 125 cm³/mol. The molecule has 0 saturated carbocycles. The molecule has 2 aliphatic heterocycles. The molecule has 0 bridgehead atoms. The number of alkyl halides is 3. The minimum absolute atomic E-state index is 0.0629. The maximum Gasteiger partial charge on any atom is 0.410 e. The van der Waals surface area contributed by atoms with Crippen LogP contribution in [-0.4, -0.2) is 59.4 Å². The number of likely N-dealkylation sites (tertiary alicyclic amines) is 2. The number of nitrogens with zero attached hydrogens (tertiary/aromatic N) is 2. The van der Waals surface area contributed by atoms with Crippen molar-refractivity contribution < 1.29 is 22.7 Å². The molecule has 2 saturated heterocycles. The molecular formula is C26H37F3N2O2. The highest BCUT2D eigenvalue weighted by Crippen LogP contribution is 2.42. The van der Waals surface area contributed by atoms with Gasteiger partial charge in [0.2, 0.25) is 0 Å². The van der Waals surface area contributed by atoms with Crippen molar-refractivity contribution in [3.8, 4) is 0 Å². The lowest BCUT2D eigenvalue weighted by atomic mass is 9.82.